The van der Waals surface area contributed by atoms with Crippen LogP contribution in [0.15, 0.2) is 22.5 Å². The number of carbonyl (C=O) groups is 2. The molecule has 0 saturated heterocycles. The molecule has 0 fully saturated rings. The van der Waals surface area contributed by atoms with Gasteiger partial charge in [-0.1, -0.05) is 34.7 Å². The largest absolute Gasteiger partial charge is 0.481 e. The smallest absolute Gasteiger partial charge is 0.313 e. The van der Waals surface area contributed by atoms with Gasteiger partial charge in [-0.15, -0.1) is 10.2 Å². The van der Waals surface area contributed by atoms with Crippen LogP contribution in [-0.4, -0.2) is 32.9 Å². The lowest BCUT2D eigenvalue weighted by atomic mass is 10.2. The van der Waals surface area contributed by atoms with E-state index in [4.69, 9.17) is 16.7 Å². The summed E-state index contributed by atoms with van der Waals surface area (Å²) in [4.78, 5) is 22.3. The number of rotatable bonds is 5. The van der Waals surface area contributed by atoms with Crippen LogP contribution in [0.5, 0.6) is 0 Å². The molecule has 1 aromatic carbocycles. The maximum atomic E-state index is 13.6. The van der Waals surface area contributed by atoms with E-state index in [1.165, 1.54) is 12.1 Å². The first-order valence-corrected chi connectivity index (χ1v) is 7.58. The molecular weight excluding hydrogens is 341 g/mol. The Labute approximate surface area is 131 Å². The van der Waals surface area contributed by atoms with Gasteiger partial charge < -0.3 is 5.11 Å². The van der Waals surface area contributed by atoms with Gasteiger partial charge in [0.05, 0.1) is 11.3 Å². The van der Waals surface area contributed by atoms with Gasteiger partial charge in [-0.3, -0.25) is 14.9 Å². The fraction of sp³-hybridized carbons (Fsp3) is 0.0909. The van der Waals surface area contributed by atoms with Gasteiger partial charge in [-0.2, -0.15) is 0 Å². The van der Waals surface area contributed by atoms with E-state index in [1.54, 1.807) is 0 Å². The fourth-order valence-electron chi connectivity index (χ4n) is 1.28. The topological polar surface area (TPSA) is 92.2 Å². The predicted octanol–water partition coefficient (Wildman–Crippen LogP) is 2.76. The maximum Gasteiger partial charge on any atom is 0.313 e. The summed E-state index contributed by atoms with van der Waals surface area (Å²) in [6.07, 6.45) is 0. The number of carboxylic acids is 1. The summed E-state index contributed by atoms with van der Waals surface area (Å²) in [5.74, 6) is -2.57. The van der Waals surface area contributed by atoms with Crippen molar-refractivity contribution in [3.8, 4) is 0 Å². The molecule has 0 atom stereocenters. The number of halogens is 2. The lowest BCUT2D eigenvalue weighted by molar-refractivity contribution is -0.133. The number of hydrogen-bond donors (Lipinski definition) is 2. The third-order valence-electron chi connectivity index (χ3n) is 2.12. The molecule has 0 spiro atoms. The van der Waals surface area contributed by atoms with Crippen LogP contribution >= 0.6 is 34.7 Å². The molecule has 0 aliphatic carbocycles. The first kappa shape index (κ1) is 15.7. The van der Waals surface area contributed by atoms with Crippen LogP contribution in [0.2, 0.25) is 5.02 Å². The molecule has 1 amide bonds. The van der Waals surface area contributed by atoms with Crippen molar-refractivity contribution < 1.29 is 19.1 Å². The third-order valence-corrected chi connectivity index (χ3v) is 4.31. The van der Waals surface area contributed by atoms with Crippen molar-refractivity contribution >= 4 is 51.7 Å². The Morgan fingerprint density at radius 2 is 2.19 bits per heavy atom. The Morgan fingerprint density at radius 1 is 1.43 bits per heavy atom. The molecule has 2 N–H and O–H groups in total. The molecule has 21 heavy (non-hydrogen) atoms. The molecule has 0 aliphatic rings. The molecule has 1 aromatic heterocycles. The van der Waals surface area contributed by atoms with E-state index < -0.39 is 17.7 Å². The molecule has 2 aromatic rings. The number of amides is 1. The number of aromatic nitrogens is 2. The monoisotopic (exact) mass is 347 g/mol. The number of hydrogen-bond acceptors (Lipinski definition) is 6. The number of benzene rings is 1. The number of nitrogens with one attached hydrogen (secondary N) is 1. The quantitative estimate of drug-likeness (QED) is 0.638. The maximum absolute atomic E-state index is 13.6. The summed E-state index contributed by atoms with van der Waals surface area (Å²) < 4.78 is 14.0. The van der Waals surface area contributed by atoms with Gasteiger partial charge in [0.1, 0.15) is 5.82 Å². The highest BCUT2D eigenvalue weighted by molar-refractivity contribution is 8.01. The van der Waals surface area contributed by atoms with Crippen molar-refractivity contribution in [2.45, 2.75) is 4.34 Å². The van der Waals surface area contributed by atoms with E-state index in [1.807, 2.05) is 0 Å². The molecule has 0 bridgehead atoms. The van der Waals surface area contributed by atoms with E-state index >= 15 is 0 Å². The van der Waals surface area contributed by atoms with Crippen LogP contribution in [-0.2, 0) is 4.79 Å². The van der Waals surface area contributed by atoms with Crippen molar-refractivity contribution in [3.05, 3.63) is 34.6 Å². The molecule has 10 heteroatoms. The average Bonchev–Trinajstić information content (AvgIpc) is 2.83. The van der Waals surface area contributed by atoms with Crippen LogP contribution in [0.3, 0.4) is 0 Å². The minimum absolute atomic E-state index is 0.155. The standard InChI is InChI=1S/C11H7ClFN3O3S2/c12-5-1-2-6(7(13)3-5)9(19)14-10-15-16-11(21-10)20-4-8(17)18/h1-3H,4H2,(H,17,18)(H,14,15,19). The number of anilines is 1. The number of carbonyl (C=O) groups excluding carboxylic acids is 1. The van der Waals surface area contributed by atoms with Gasteiger partial charge in [0.2, 0.25) is 5.13 Å². The third kappa shape index (κ3) is 4.38. The Bertz CT molecular complexity index is 695. The van der Waals surface area contributed by atoms with Crippen LogP contribution in [0.1, 0.15) is 10.4 Å². The second kappa shape index (κ2) is 6.83. The average molecular weight is 348 g/mol. The highest BCUT2D eigenvalue weighted by Crippen LogP contribution is 2.26. The molecule has 0 unspecified atom stereocenters. The Balaban J connectivity index is 2.04. The number of aliphatic carboxylic acids is 1. The van der Waals surface area contributed by atoms with Gasteiger partial charge in [-0.05, 0) is 18.2 Å². The Kier molecular flexibility index (Phi) is 5.10. The fourth-order valence-corrected chi connectivity index (χ4v) is 2.91. The van der Waals surface area contributed by atoms with Gasteiger partial charge in [-0.25, -0.2) is 4.39 Å². The van der Waals surface area contributed by atoms with Crippen LogP contribution in [0.25, 0.3) is 0 Å². The van der Waals surface area contributed by atoms with E-state index in [0.717, 1.165) is 29.2 Å². The second-order valence-electron chi connectivity index (χ2n) is 3.63. The van der Waals surface area contributed by atoms with Crippen LogP contribution < -0.4 is 5.32 Å². The zero-order valence-electron chi connectivity index (χ0n) is 10.2. The van der Waals surface area contributed by atoms with Crippen molar-refractivity contribution in [2.24, 2.45) is 0 Å². The normalized spacial score (nSPS) is 10.4. The van der Waals surface area contributed by atoms with Gasteiger partial charge in [0, 0.05) is 5.02 Å². The minimum atomic E-state index is -0.982. The Morgan fingerprint density at radius 3 is 2.86 bits per heavy atom. The SMILES string of the molecule is O=C(O)CSc1nnc(NC(=O)c2ccc(Cl)cc2F)s1. The molecular formula is C11H7ClFN3O3S2. The lowest BCUT2D eigenvalue weighted by Crippen LogP contribution is -2.13. The van der Waals surface area contributed by atoms with E-state index in [2.05, 4.69) is 15.5 Å². The first-order valence-electron chi connectivity index (χ1n) is 5.40. The second-order valence-corrected chi connectivity index (χ2v) is 6.27. The number of thioether (sulfide) groups is 1. The van der Waals surface area contributed by atoms with Gasteiger partial charge >= 0.3 is 5.97 Å². The summed E-state index contributed by atoms with van der Waals surface area (Å²) in [5.41, 5.74) is -0.172. The summed E-state index contributed by atoms with van der Waals surface area (Å²) in [5, 5.41) is 18.7. The van der Waals surface area contributed by atoms with Gasteiger partial charge in [0.15, 0.2) is 4.34 Å². The van der Waals surface area contributed by atoms with E-state index in [-0.39, 0.29) is 21.5 Å². The summed E-state index contributed by atoms with van der Waals surface area (Å²) >= 11 is 7.59. The highest BCUT2D eigenvalue weighted by Gasteiger charge is 2.15. The van der Waals surface area contributed by atoms with E-state index in [9.17, 15) is 14.0 Å². The lowest BCUT2D eigenvalue weighted by Gasteiger charge is -2.02. The molecule has 110 valence electrons. The van der Waals surface area contributed by atoms with Crippen molar-refractivity contribution in [1.82, 2.24) is 10.2 Å². The number of nitrogens with zero attached hydrogens (tertiary/aromatic N) is 2. The summed E-state index contributed by atoms with van der Waals surface area (Å²) in [6, 6.07) is 3.69. The zero-order chi connectivity index (χ0) is 15.4. The molecule has 0 radical (unpaired) electrons. The number of carboxylic acid groups (broad SMARTS) is 1. The Hall–Kier alpha value is -1.71. The first-order chi connectivity index (χ1) is 9.95. The molecule has 1 heterocycles. The predicted molar refractivity (Wildman–Crippen MR) is 77.6 cm³/mol. The van der Waals surface area contributed by atoms with Crippen molar-refractivity contribution in [1.29, 1.82) is 0 Å². The summed E-state index contributed by atoms with van der Waals surface area (Å²) in [6.45, 7) is 0. The molecule has 0 aliphatic heterocycles. The van der Waals surface area contributed by atoms with Crippen LogP contribution in [0.4, 0.5) is 9.52 Å². The minimum Gasteiger partial charge on any atom is -0.481 e. The van der Waals surface area contributed by atoms with Crippen molar-refractivity contribution in [3.63, 3.8) is 0 Å². The molecule has 2 rings (SSSR count). The highest BCUT2D eigenvalue weighted by atomic mass is 35.5. The summed E-state index contributed by atoms with van der Waals surface area (Å²) in [7, 11) is 0. The van der Waals surface area contributed by atoms with Gasteiger partial charge in [0.25, 0.3) is 5.91 Å². The molecule has 0 saturated carbocycles. The zero-order valence-corrected chi connectivity index (χ0v) is 12.6. The van der Waals surface area contributed by atoms with Crippen molar-refractivity contribution in [2.75, 3.05) is 11.1 Å². The van der Waals surface area contributed by atoms with Crippen LogP contribution in [0, 0.1) is 5.82 Å². The molecule has 6 nitrogen and oxygen atoms in total. The van der Waals surface area contributed by atoms with E-state index in [0.29, 0.717) is 4.34 Å².